The molecule has 0 N–H and O–H groups in total. The Morgan fingerprint density at radius 1 is 1.12 bits per heavy atom. The third-order valence-corrected chi connectivity index (χ3v) is 5.42. The van der Waals surface area contributed by atoms with Crippen molar-refractivity contribution in [2.24, 2.45) is 5.92 Å². The second kappa shape index (κ2) is 4.45. The molecular weight excluding hydrogens is 235 g/mol. The second-order valence-corrected chi connectivity index (χ2v) is 6.60. The van der Waals surface area contributed by atoms with Crippen LogP contribution in [0.15, 0.2) is 24.3 Å². The minimum absolute atomic E-state index is 0.166. The fourth-order valence-electron chi connectivity index (χ4n) is 2.92. The zero-order valence-electron chi connectivity index (χ0n) is 9.56. The van der Waals surface area contributed by atoms with Gasteiger partial charge in [-0.15, -0.1) is 0 Å². The van der Waals surface area contributed by atoms with E-state index in [9.17, 15) is 9.18 Å². The average Bonchev–Trinajstić information content (AvgIpc) is 2.68. The van der Waals surface area contributed by atoms with E-state index < -0.39 is 0 Å². The minimum atomic E-state index is -0.277. The lowest BCUT2D eigenvalue weighted by atomic mass is 9.90. The number of benzene rings is 1. The van der Waals surface area contributed by atoms with E-state index in [0.717, 1.165) is 12.8 Å². The Morgan fingerprint density at radius 3 is 2.29 bits per heavy atom. The highest BCUT2D eigenvalue weighted by molar-refractivity contribution is 8.00. The smallest absolute Gasteiger partial charge is 0.166 e. The van der Waals surface area contributed by atoms with Gasteiger partial charge >= 0.3 is 0 Å². The Kier molecular flexibility index (Phi) is 2.95. The molecule has 2 heterocycles. The highest BCUT2D eigenvalue weighted by Gasteiger charge is 2.37. The molecule has 90 valence electrons. The summed E-state index contributed by atoms with van der Waals surface area (Å²) in [6.07, 6.45) is 4.56. The molecular formula is C14H15FOS. The van der Waals surface area contributed by atoms with Crippen molar-refractivity contribution in [1.82, 2.24) is 0 Å². The first-order valence-corrected chi connectivity index (χ1v) is 7.12. The number of rotatable bonds is 2. The summed E-state index contributed by atoms with van der Waals surface area (Å²) in [7, 11) is 0. The fraction of sp³-hybridized carbons (Fsp3) is 0.500. The molecule has 2 fully saturated rings. The van der Waals surface area contributed by atoms with Gasteiger partial charge in [0.15, 0.2) is 5.78 Å². The van der Waals surface area contributed by atoms with Crippen LogP contribution in [-0.2, 0) is 0 Å². The normalized spacial score (nSPS) is 31.5. The number of thioether (sulfide) groups is 1. The lowest BCUT2D eigenvalue weighted by Gasteiger charge is -2.26. The summed E-state index contributed by atoms with van der Waals surface area (Å²) in [5, 5.41) is 1.37. The summed E-state index contributed by atoms with van der Waals surface area (Å²) in [6.45, 7) is 0. The standard InChI is InChI=1S/C14H15FOS/c15-11-3-1-9(2-4-11)14(16)10-7-12-5-6-13(8-10)17-12/h1-4,10,12-13H,5-8H2. The molecule has 2 atom stereocenters. The number of carbonyl (C=O) groups excluding carboxylic acids is 1. The molecule has 17 heavy (non-hydrogen) atoms. The van der Waals surface area contributed by atoms with Crippen LogP contribution in [0.1, 0.15) is 36.0 Å². The summed E-state index contributed by atoms with van der Waals surface area (Å²) in [5.74, 6) is 0.0993. The summed E-state index contributed by atoms with van der Waals surface area (Å²) >= 11 is 2.06. The molecule has 2 saturated heterocycles. The molecule has 3 rings (SSSR count). The Morgan fingerprint density at radius 2 is 1.71 bits per heavy atom. The number of carbonyl (C=O) groups is 1. The summed E-state index contributed by atoms with van der Waals surface area (Å²) in [6, 6.07) is 5.97. The molecule has 0 radical (unpaired) electrons. The first kappa shape index (κ1) is 11.3. The predicted octanol–water partition coefficient (Wildman–Crippen LogP) is 3.68. The number of ketones is 1. The molecule has 2 bridgehead atoms. The molecule has 2 aliphatic rings. The van der Waals surface area contributed by atoms with Gasteiger partial charge in [0.25, 0.3) is 0 Å². The molecule has 1 nitrogen and oxygen atoms in total. The topological polar surface area (TPSA) is 17.1 Å². The molecule has 0 spiro atoms. The van der Waals surface area contributed by atoms with Gasteiger partial charge in [-0.1, -0.05) is 0 Å². The minimum Gasteiger partial charge on any atom is -0.294 e. The maximum atomic E-state index is 12.8. The predicted molar refractivity (Wildman–Crippen MR) is 67.9 cm³/mol. The number of hydrogen-bond donors (Lipinski definition) is 0. The lowest BCUT2D eigenvalue weighted by Crippen LogP contribution is -2.24. The van der Waals surface area contributed by atoms with Gasteiger partial charge in [0.1, 0.15) is 5.82 Å². The monoisotopic (exact) mass is 250 g/mol. The quantitative estimate of drug-likeness (QED) is 0.745. The van der Waals surface area contributed by atoms with Crippen LogP contribution in [0, 0.1) is 11.7 Å². The van der Waals surface area contributed by atoms with E-state index in [-0.39, 0.29) is 17.5 Å². The van der Waals surface area contributed by atoms with E-state index in [2.05, 4.69) is 11.8 Å². The summed E-state index contributed by atoms with van der Waals surface area (Å²) in [5.41, 5.74) is 0.669. The van der Waals surface area contributed by atoms with E-state index in [4.69, 9.17) is 0 Å². The SMILES string of the molecule is O=C(c1ccc(F)cc1)C1CC2CCC(C1)S2. The molecule has 1 aromatic carbocycles. The Hall–Kier alpha value is -0.830. The molecule has 0 aliphatic carbocycles. The van der Waals surface area contributed by atoms with E-state index in [1.54, 1.807) is 12.1 Å². The van der Waals surface area contributed by atoms with Crippen molar-refractivity contribution in [3.05, 3.63) is 35.6 Å². The van der Waals surface area contributed by atoms with E-state index in [1.165, 1.54) is 25.0 Å². The molecule has 3 heteroatoms. The third kappa shape index (κ3) is 2.25. The maximum Gasteiger partial charge on any atom is 0.166 e. The number of fused-ring (bicyclic) bond motifs is 2. The maximum absolute atomic E-state index is 12.8. The second-order valence-electron chi connectivity index (χ2n) is 5.00. The summed E-state index contributed by atoms with van der Waals surface area (Å²) in [4.78, 5) is 12.3. The van der Waals surface area contributed by atoms with Crippen LogP contribution in [0.3, 0.4) is 0 Å². The van der Waals surface area contributed by atoms with E-state index in [0.29, 0.717) is 16.1 Å². The van der Waals surface area contributed by atoms with Crippen molar-refractivity contribution in [3.63, 3.8) is 0 Å². The van der Waals surface area contributed by atoms with Gasteiger partial charge in [-0.3, -0.25) is 4.79 Å². The molecule has 2 aliphatic heterocycles. The highest BCUT2D eigenvalue weighted by atomic mass is 32.2. The summed E-state index contributed by atoms with van der Waals surface area (Å²) < 4.78 is 12.8. The van der Waals surface area contributed by atoms with Gasteiger partial charge in [0.2, 0.25) is 0 Å². The first-order valence-electron chi connectivity index (χ1n) is 6.17. The van der Waals surface area contributed by atoms with E-state index in [1.807, 2.05) is 0 Å². The van der Waals surface area contributed by atoms with E-state index >= 15 is 0 Å². The third-order valence-electron chi connectivity index (χ3n) is 3.79. The first-order chi connectivity index (χ1) is 8.22. The van der Waals surface area contributed by atoms with Crippen LogP contribution >= 0.6 is 11.8 Å². The molecule has 1 aromatic rings. The van der Waals surface area contributed by atoms with Gasteiger partial charge < -0.3 is 0 Å². The van der Waals surface area contributed by atoms with Gasteiger partial charge in [-0.25, -0.2) is 4.39 Å². The number of Topliss-reactive ketones (excluding diaryl/α,β-unsaturated/α-hetero) is 1. The van der Waals surface area contributed by atoms with Gasteiger partial charge in [-0.2, -0.15) is 11.8 Å². The Balaban J connectivity index is 1.76. The highest BCUT2D eigenvalue weighted by Crippen LogP contribution is 2.46. The van der Waals surface area contributed by atoms with Crippen molar-refractivity contribution in [1.29, 1.82) is 0 Å². The zero-order valence-corrected chi connectivity index (χ0v) is 10.4. The van der Waals surface area contributed by atoms with Crippen molar-refractivity contribution < 1.29 is 9.18 Å². The van der Waals surface area contributed by atoms with Crippen molar-refractivity contribution in [3.8, 4) is 0 Å². The van der Waals surface area contributed by atoms with Crippen LogP contribution in [0.4, 0.5) is 4.39 Å². The fourth-order valence-corrected chi connectivity index (χ4v) is 4.70. The van der Waals surface area contributed by atoms with Crippen LogP contribution in [0.2, 0.25) is 0 Å². The number of halogens is 1. The van der Waals surface area contributed by atoms with Crippen molar-refractivity contribution in [2.45, 2.75) is 36.2 Å². The molecule has 2 unspecified atom stereocenters. The Labute approximate surface area is 105 Å². The number of hydrogen-bond acceptors (Lipinski definition) is 2. The van der Waals surface area contributed by atoms with Crippen LogP contribution < -0.4 is 0 Å². The van der Waals surface area contributed by atoms with Gasteiger partial charge in [-0.05, 0) is 49.9 Å². The molecule has 0 aromatic heterocycles. The van der Waals surface area contributed by atoms with Crippen LogP contribution in [-0.4, -0.2) is 16.3 Å². The zero-order chi connectivity index (χ0) is 11.8. The molecule has 0 saturated carbocycles. The molecule has 0 amide bonds. The van der Waals surface area contributed by atoms with Gasteiger partial charge in [0.05, 0.1) is 0 Å². The van der Waals surface area contributed by atoms with Crippen LogP contribution in [0.25, 0.3) is 0 Å². The van der Waals surface area contributed by atoms with Crippen molar-refractivity contribution in [2.75, 3.05) is 0 Å². The van der Waals surface area contributed by atoms with Crippen molar-refractivity contribution >= 4 is 17.5 Å². The largest absolute Gasteiger partial charge is 0.294 e. The lowest BCUT2D eigenvalue weighted by molar-refractivity contribution is 0.0907. The average molecular weight is 250 g/mol. The Bertz CT molecular complexity index is 416. The van der Waals surface area contributed by atoms with Gasteiger partial charge in [0, 0.05) is 22.0 Å². The van der Waals surface area contributed by atoms with Crippen LogP contribution in [0.5, 0.6) is 0 Å².